The second-order valence-electron chi connectivity index (χ2n) is 8.33. The topological polar surface area (TPSA) is 84.9 Å². The molecule has 0 saturated heterocycles. The number of hydrogen-bond donors (Lipinski definition) is 1. The van der Waals surface area contributed by atoms with Gasteiger partial charge in [0.1, 0.15) is 17.1 Å². The Hall–Kier alpha value is -2.58. The number of benzene rings is 2. The molecule has 0 saturated carbocycles. The van der Waals surface area contributed by atoms with Crippen LogP contribution in [0.3, 0.4) is 0 Å². The monoisotopic (exact) mass is 446 g/mol. The van der Waals surface area contributed by atoms with E-state index >= 15 is 0 Å². The minimum Gasteiger partial charge on any atom is -0.497 e. The first-order valence-electron chi connectivity index (χ1n) is 10.3. The molecule has 7 nitrogen and oxygen atoms in total. The van der Waals surface area contributed by atoms with Gasteiger partial charge in [-0.15, -0.1) is 0 Å². The molecule has 8 heteroatoms. The minimum atomic E-state index is -3.56. The van der Waals surface area contributed by atoms with Crippen LogP contribution in [-0.2, 0) is 14.8 Å². The molecule has 1 aliphatic rings. The van der Waals surface area contributed by atoms with Gasteiger partial charge in [0.2, 0.25) is 15.9 Å². The molecule has 2 aromatic rings. The summed E-state index contributed by atoms with van der Waals surface area (Å²) in [5.41, 5.74) is 0.472. The maximum Gasteiger partial charge on any atom is 0.242 e. The van der Waals surface area contributed by atoms with Gasteiger partial charge in [-0.2, -0.15) is 0 Å². The number of fused-ring (bicyclic) bond motifs is 1. The largest absolute Gasteiger partial charge is 0.497 e. The second-order valence-corrected chi connectivity index (χ2v) is 10.4. The van der Waals surface area contributed by atoms with Gasteiger partial charge in [-0.1, -0.05) is 18.2 Å². The van der Waals surface area contributed by atoms with Crippen LogP contribution in [0.5, 0.6) is 11.5 Å². The maximum atomic E-state index is 12.6. The Morgan fingerprint density at radius 3 is 2.61 bits per heavy atom. The number of carbonyl (C=O) groups excluding carboxylic acids is 1. The molecular formula is C23H30N2O5S. The molecule has 1 atom stereocenters. The molecule has 0 radical (unpaired) electrons. The zero-order valence-corrected chi connectivity index (χ0v) is 19.2. The van der Waals surface area contributed by atoms with Crippen molar-refractivity contribution in [3.8, 4) is 11.5 Å². The quantitative estimate of drug-likeness (QED) is 0.671. The average molecular weight is 447 g/mol. The van der Waals surface area contributed by atoms with Crippen molar-refractivity contribution in [2.75, 3.05) is 20.7 Å². The number of nitrogens with zero attached hydrogens (tertiary/aromatic N) is 1. The number of carbonyl (C=O) groups is 1. The van der Waals surface area contributed by atoms with Gasteiger partial charge in [0.15, 0.2) is 0 Å². The van der Waals surface area contributed by atoms with Gasteiger partial charge in [-0.25, -0.2) is 12.7 Å². The zero-order chi connectivity index (χ0) is 22.6. The van der Waals surface area contributed by atoms with Crippen LogP contribution < -0.4 is 14.8 Å². The Balaban J connectivity index is 1.60. The van der Waals surface area contributed by atoms with E-state index in [9.17, 15) is 13.2 Å². The smallest absolute Gasteiger partial charge is 0.242 e. The molecule has 1 amide bonds. The van der Waals surface area contributed by atoms with Crippen LogP contribution in [0.15, 0.2) is 53.4 Å². The van der Waals surface area contributed by atoms with Gasteiger partial charge in [-0.05, 0) is 50.6 Å². The number of amides is 1. The molecule has 1 unspecified atom stereocenters. The van der Waals surface area contributed by atoms with Crippen molar-refractivity contribution in [3.63, 3.8) is 0 Å². The highest BCUT2D eigenvalue weighted by molar-refractivity contribution is 7.89. The van der Waals surface area contributed by atoms with Gasteiger partial charge in [0, 0.05) is 32.0 Å². The Kier molecular flexibility index (Phi) is 6.91. The summed E-state index contributed by atoms with van der Waals surface area (Å²) >= 11 is 0. The number of rotatable bonds is 8. The summed E-state index contributed by atoms with van der Waals surface area (Å²) in [6, 6.07) is 13.7. The van der Waals surface area contributed by atoms with E-state index in [1.165, 1.54) is 11.4 Å². The Morgan fingerprint density at radius 2 is 1.94 bits per heavy atom. The third-order valence-electron chi connectivity index (χ3n) is 5.34. The van der Waals surface area contributed by atoms with Gasteiger partial charge >= 0.3 is 0 Å². The fourth-order valence-electron chi connectivity index (χ4n) is 3.71. The van der Waals surface area contributed by atoms with Crippen molar-refractivity contribution in [3.05, 3.63) is 54.1 Å². The number of nitrogens with one attached hydrogen (secondary N) is 1. The fraction of sp³-hybridized carbons (Fsp3) is 0.435. The van der Waals surface area contributed by atoms with E-state index < -0.39 is 15.6 Å². The first-order chi connectivity index (χ1) is 14.6. The molecule has 1 N–H and O–H groups in total. The first kappa shape index (κ1) is 23.1. The van der Waals surface area contributed by atoms with E-state index in [2.05, 4.69) is 5.32 Å². The van der Waals surface area contributed by atoms with E-state index in [0.29, 0.717) is 18.6 Å². The van der Waals surface area contributed by atoms with Crippen LogP contribution in [0, 0.1) is 0 Å². The Morgan fingerprint density at radius 1 is 1.23 bits per heavy atom. The lowest BCUT2D eigenvalue weighted by molar-refractivity contribution is -0.122. The zero-order valence-electron chi connectivity index (χ0n) is 18.4. The van der Waals surface area contributed by atoms with E-state index in [1.54, 1.807) is 37.4 Å². The predicted molar refractivity (Wildman–Crippen MR) is 119 cm³/mol. The lowest BCUT2D eigenvalue weighted by atomic mass is 9.89. The summed E-state index contributed by atoms with van der Waals surface area (Å²) in [5, 5.41) is 3.08. The summed E-state index contributed by atoms with van der Waals surface area (Å²) < 4.78 is 37.8. The third kappa shape index (κ3) is 5.57. The molecule has 0 fully saturated rings. The first-order valence-corrected chi connectivity index (χ1v) is 11.7. The lowest BCUT2D eigenvalue weighted by Gasteiger charge is -2.38. The summed E-state index contributed by atoms with van der Waals surface area (Å²) in [6.45, 7) is 4.24. The van der Waals surface area contributed by atoms with Crippen molar-refractivity contribution in [1.29, 1.82) is 0 Å². The number of sulfonamides is 1. The normalized spacial score (nSPS) is 17.5. The molecule has 31 heavy (non-hydrogen) atoms. The van der Waals surface area contributed by atoms with Gasteiger partial charge < -0.3 is 14.8 Å². The van der Waals surface area contributed by atoms with Crippen molar-refractivity contribution < 1.29 is 22.7 Å². The van der Waals surface area contributed by atoms with E-state index in [0.717, 1.165) is 11.3 Å². The third-order valence-corrected chi connectivity index (χ3v) is 7.21. The van der Waals surface area contributed by atoms with Crippen LogP contribution >= 0.6 is 0 Å². The molecular weight excluding hydrogens is 416 g/mol. The maximum absolute atomic E-state index is 12.6. The second kappa shape index (κ2) is 9.28. The Bertz CT molecular complexity index is 1020. The number of ether oxygens (including phenoxy) is 2. The van der Waals surface area contributed by atoms with E-state index in [-0.39, 0.29) is 29.8 Å². The van der Waals surface area contributed by atoms with Crippen molar-refractivity contribution in [2.24, 2.45) is 0 Å². The molecule has 0 aromatic heterocycles. The molecule has 3 rings (SSSR count). The van der Waals surface area contributed by atoms with Crippen LogP contribution in [0.25, 0.3) is 0 Å². The minimum absolute atomic E-state index is 0.123. The summed E-state index contributed by atoms with van der Waals surface area (Å²) in [4.78, 5) is 12.9. The van der Waals surface area contributed by atoms with Crippen molar-refractivity contribution in [2.45, 2.75) is 49.6 Å². The van der Waals surface area contributed by atoms with Crippen LogP contribution in [0.4, 0.5) is 0 Å². The molecule has 1 heterocycles. The average Bonchev–Trinajstić information content (AvgIpc) is 2.73. The van der Waals surface area contributed by atoms with Gasteiger partial charge in [-0.3, -0.25) is 4.79 Å². The summed E-state index contributed by atoms with van der Waals surface area (Å²) in [7, 11) is -0.424. The Labute approximate surface area is 184 Å². The number of methoxy groups -OCH3 is 1. The molecule has 0 spiro atoms. The molecule has 0 bridgehead atoms. The molecule has 2 aromatic carbocycles. The summed E-state index contributed by atoms with van der Waals surface area (Å²) in [6.07, 6.45) is 1.28. The molecule has 1 aliphatic heterocycles. The standard InChI is InChI=1S/C23H30N2O5S/c1-23(2)16-20(19-15-17(29-4)12-13-21(19)30-23)24-22(26)11-8-14-25(3)31(27,28)18-9-6-5-7-10-18/h5-7,9-10,12-13,15,20H,8,11,14,16H2,1-4H3,(H,24,26). The van der Waals surface area contributed by atoms with Crippen molar-refractivity contribution >= 4 is 15.9 Å². The fourth-order valence-corrected chi connectivity index (χ4v) is 4.94. The highest BCUT2D eigenvalue weighted by Gasteiger charge is 2.34. The summed E-state index contributed by atoms with van der Waals surface area (Å²) in [5.74, 6) is 1.31. The highest BCUT2D eigenvalue weighted by Crippen LogP contribution is 2.41. The highest BCUT2D eigenvalue weighted by atomic mass is 32.2. The van der Waals surface area contributed by atoms with E-state index in [4.69, 9.17) is 9.47 Å². The van der Waals surface area contributed by atoms with Gasteiger partial charge in [0.05, 0.1) is 18.0 Å². The number of hydrogen-bond acceptors (Lipinski definition) is 5. The van der Waals surface area contributed by atoms with Crippen LogP contribution in [0.1, 0.15) is 44.7 Å². The SMILES string of the molecule is COc1ccc2c(c1)C(NC(=O)CCCN(C)S(=O)(=O)c1ccccc1)CC(C)(C)O2. The van der Waals surface area contributed by atoms with E-state index in [1.807, 2.05) is 32.0 Å². The lowest BCUT2D eigenvalue weighted by Crippen LogP contribution is -2.41. The molecule has 168 valence electrons. The van der Waals surface area contributed by atoms with Gasteiger partial charge in [0.25, 0.3) is 0 Å². The van der Waals surface area contributed by atoms with Crippen molar-refractivity contribution in [1.82, 2.24) is 9.62 Å². The van der Waals surface area contributed by atoms with Crippen LogP contribution in [-0.4, -0.2) is 44.9 Å². The molecule has 0 aliphatic carbocycles. The predicted octanol–water partition coefficient (Wildman–Crippen LogP) is 3.51. The van der Waals surface area contributed by atoms with Crippen LogP contribution in [0.2, 0.25) is 0 Å².